The van der Waals surface area contributed by atoms with E-state index in [9.17, 15) is 0 Å². The summed E-state index contributed by atoms with van der Waals surface area (Å²) in [6, 6.07) is 1.40. The zero-order chi connectivity index (χ0) is 11.7. The summed E-state index contributed by atoms with van der Waals surface area (Å²) in [6.45, 7) is 10.5. The quantitative estimate of drug-likeness (QED) is 0.802. The van der Waals surface area contributed by atoms with Crippen molar-refractivity contribution in [1.82, 2.24) is 9.88 Å². The molecule has 0 radical (unpaired) electrons. The van der Waals surface area contributed by atoms with Crippen molar-refractivity contribution >= 4 is 11.3 Å². The van der Waals surface area contributed by atoms with Gasteiger partial charge in [-0.15, -0.1) is 11.3 Å². The smallest absolute Gasteiger partial charge is 0.0794 e. The Bertz CT molecular complexity index is 303. The molecule has 2 nitrogen and oxygen atoms in total. The van der Waals surface area contributed by atoms with Crippen molar-refractivity contribution in [2.24, 2.45) is 5.92 Å². The fourth-order valence-corrected chi connectivity index (χ4v) is 3.50. The highest BCUT2D eigenvalue weighted by Crippen LogP contribution is 2.37. The van der Waals surface area contributed by atoms with Gasteiger partial charge in [-0.3, -0.25) is 9.88 Å². The fourth-order valence-electron chi connectivity index (χ4n) is 2.77. The molecule has 0 aromatic carbocycles. The average Bonchev–Trinajstić information content (AvgIpc) is 2.86. The molecule has 90 valence electrons. The van der Waals surface area contributed by atoms with Crippen LogP contribution in [-0.4, -0.2) is 28.5 Å². The van der Waals surface area contributed by atoms with Crippen LogP contribution in [0.2, 0.25) is 0 Å². The van der Waals surface area contributed by atoms with Crippen LogP contribution in [0.5, 0.6) is 0 Å². The van der Waals surface area contributed by atoms with Crippen LogP contribution in [0.15, 0.2) is 11.7 Å². The first-order chi connectivity index (χ1) is 7.59. The Morgan fingerprint density at radius 3 is 2.56 bits per heavy atom. The van der Waals surface area contributed by atoms with Crippen molar-refractivity contribution in [1.29, 1.82) is 0 Å². The lowest BCUT2D eigenvalue weighted by Gasteiger charge is -2.30. The molecule has 0 N–H and O–H groups in total. The van der Waals surface area contributed by atoms with E-state index >= 15 is 0 Å². The Kier molecular flexibility index (Phi) is 3.65. The number of rotatable bonds is 3. The van der Waals surface area contributed by atoms with E-state index in [-0.39, 0.29) is 0 Å². The van der Waals surface area contributed by atoms with Crippen molar-refractivity contribution < 1.29 is 0 Å². The molecule has 16 heavy (non-hydrogen) atoms. The summed E-state index contributed by atoms with van der Waals surface area (Å²) in [5, 5.41) is 0. The standard InChI is InChI=1S/C13H22N2S/c1-9(2)12-5-11(7-15(12)10(3)4)13-6-14-8-16-13/h6,8-12H,5,7H2,1-4H3/t11-,12-/m0/s1. The number of aromatic nitrogens is 1. The van der Waals surface area contributed by atoms with Crippen LogP contribution < -0.4 is 0 Å². The summed E-state index contributed by atoms with van der Waals surface area (Å²) < 4.78 is 0. The molecule has 0 bridgehead atoms. The van der Waals surface area contributed by atoms with Crippen LogP contribution in [0.3, 0.4) is 0 Å². The van der Waals surface area contributed by atoms with E-state index in [4.69, 9.17) is 0 Å². The lowest BCUT2D eigenvalue weighted by atomic mass is 9.97. The number of thiazole rings is 1. The molecule has 0 spiro atoms. The largest absolute Gasteiger partial charge is 0.297 e. The Morgan fingerprint density at radius 2 is 2.12 bits per heavy atom. The second-order valence-corrected chi connectivity index (χ2v) is 6.36. The molecule has 0 aliphatic carbocycles. The van der Waals surface area contributed by atoms with Gasteiger partial charge in [0.05, 0.1) is 5.51 Å². The molecular formula is C13H22N2S. The SMILES string of the molecule is CC(C)[C@@H]1C[C@H](c2cncs2)CN1C(C)C. The Hall–Kier alpha value is -0.410. The van der Waals surface area contributed by atoms with Crippen LogP contribution in [-0.2, 0) is 0 Å². The molecule has 2 atom stereocenters. The maximum atomic E-state index is 4.21. The predicted octanol–water partition coefficient (Wildman–Crippen LogP) is 3.37. The second-order valence-electron chi connectivity index (χ2n) is 5.44. The van der Waals surface area contributed by atoms with Crippen molar-refractivity contribution in [3.8, 4) is 0 Å². The summed E-state index contributed by atoms with van der Waals surface area (Å²) in [5.74, 6) is 1.46. The van der Waals surface area contributed by atoms with Gasteiger partial charge in [-0.05, 0) is 26.2 Å². The highest BCUT2D eigenvalue weighted by Gasteiger charge is 2.36. The van der Waals surface area contributed by atoms with Gasteiger partial charge in [-0.2, -0.15) is 0 Å². The van der Waals surface area contributed by atoms with E-state index in [1.165, 1.54) is 17.8 Å². The van der Waals surface area contributed by atoms with E-state index in [1.807, 2.05) is 16.8 Å². The van der Waals surface area contributed by atoms with Crippen molar-refractivity contribution in [2.45, 2.75) is 52.1 Å². The van der Waals surface area contributed by atoms with E-state index in [0.29, 0.717) is 12.0 Å². The minimum Gasteiger partial charge on any atom is -0.297 e. The maximum absolute atomic E-state index is 4.21. The summed E-state index contributed by atoms with van der Waals surface area (Å²) in [5.41, 5.74) is 1.96. The summed E-state index contributed by atoms with van der Waals surface area (Å²) in [7, 11) is 0. The highest BCUT2D eigenvalue weighted by molar-refractivity contribution is 7.09. The first-order valence-corrected chi connectivity index (χ1v) is 7.11. The number of nitrogens with zero attached hydrogens (tertiary/aromatic N) is 2. The number of hydrogen-bond acceptors (Lipinski definition) is 3. The van der Waals surface area contributed by atoms with Crippen LogP contribution in [0.4, 0.5) is 0 Å². The Balaban J connectivity index is 2.12. The van der Waals surface area contributed by atoms with Gasteiger partial charge in [0.15, 0.2) is 0 Å². The third-order valence-corrected chi connectivity index (χ3v) is 4.61. The van der Waals surface area contributed by atoms with E-state index in [2.05, 4.69) is 43.8 Å². The molecule has 1 aliphatic rings. The molecule has 0 amide bonds. The van der Waals surface area contributed by atoms with Gasteiger partial charge in [0.2, 0.25) is 0 Å². The molecule has 2 heterocycles. The lowest BCUT2D eigenvalue weighted by Crippen LogP contribution is -2.38. The number of likely N-dealkylation sites (tertiary alicyclic amines) is 1. The molecule has 1 fully saturated rings. The molecule has 0 saturated carbocycles. The normalized spacial score (nSPS) is 27.1. The first-order valence-electron chi connectivity index (χ1n) is 6.23. The van der Waals surface area contributed by atoms with Gasteiger partial charge in [-0.1, -0.05) is 13.8 Å². The maximum Gasteiger partial charge on any atom is 0.0794 e. The van der Waals surface area contributed by atoms with Gasteiger partial charge in [-0.25, -0.2) is 0 Å². The third kappa shape index (κ3) is 2.30. The van der Waals surface area contributed by atoms with E-state index in [1.54, 1.807) is 0 Å². The summed E-state index contributed by atoms with van der Waals surface area (Å²) >= 11 is 1.81. The predicted molar refractivity (Wildman–Crippen MR) is 69.9 cm³/mol. The van der Waals surface area contributed by atoms with E-state index in [0.717, 1.165) is 12.0 Å². The van der Waals surface area contributed by atoms with Gasteiger partial charge >= 0.3 is 0 Å². The zero-order valence-corrected chi connectivity index (χ0v) is 11.5. The van der Waals surface area contributed by atoms with Crippen LogP contribution >= 0.6 is 11.3 Å². The minimum absolute atomic E-state index is 0.658. The number of hydrogen-bond donors (Lipinski definition) is 0. The molecule has 1 aromatic rings. The molecule has 1 aliphatic heterocycles. The second kappa shape index (κ2) is 4.84. The Labute approximate surface area is 103 Å². The molecular weight excluding hydrogens is 216 g/mol. The Morgan fingerprint density at radius 1 is 1.38 bits per heavy atom. The highest BCUT2D eigenvalue weighted by atomic mass is 32.1. The van der Waals surface area contributed by atoms with Crippen LogP contribution in [0.1, 0.15) is 44.9 Å². The summed E-state index contributed by atoms with van der Waals surface area (Å²) in [4.78, 5) is 8.33. The fraction of sp³-hybridized carbons (Fsp3) is 0.769. The van der Waals surface area contributed by atoms with Crippen molar-refractivity contribution in [3.05, 3.63) is 16.6 Å². The van der Waals surface area contributed by atoms with Gasteiger partial charge < -0.3 is 0 Å². The first kappa shape index (κ1) is 12.1. The lowest BCUT2D eigenvalue weighted by molar-refractivity contribution is 0.165. The topological polar surface area (TPSA) is 16.1 Å². The molecule has 3 heteroatoms. The molecule has 1 aromatic heterocycles. The molecule has 2 rings (SSSR count). The zero-order valence-electron chi connectivity index (χ0n) is 10.7. The van der Waals surface area contributed by atoms with Crippen LogP contribution in [0.25, 0.3) is 0 Å². The molecule has 1 saturated heterocycles. The average molecular weight is 238 g/mol. The van der Waals surface area contributed by atoms with Gasteiger partial charge in [0.1, 0.15) is 0 Å². The van der Waals surface area contributed by atoms with Crippen molar-refractivity contribution in [3.63, 3.8) is 0 Å². The monoisotopic (exact) mass is 238 g/mol. The minimum atomic E-state index is 0.658. The van der Waals surface area contributed by atoms with Gasteiger partial charge in [0.25, 0.3) is 0 Å². The van der Waals surface area contributed by atoms with E-state index < -0.39 is 0 Å². The van der Waals surface area contributed by atoms with Gasteiger partial charge in [0, 0.05) is 35.6 Å². The molecule has 0 unspecified atom stereocenters. The summed E-state index contributed by atoms with van der Waals surface area (Å²) in [6.07, 6.45) is 3.36. The third-order valence-electron chi connectivity index (χ3n) is 3.67. The van der Waals surface area contributed by atoms with Crippen molar-refractivity contribution in [2.75, 3.05) is 6.54 Å². The van der Waals surface area contributed by atoms with Crippen LogP contribution in [0, 0.1) is 5.92 Å².